The molecule has 5 nitrogen and oxygen atoms in total. The van der Waals surface area contributed by atoms with Crippen molar-refractivity contribution >= 4 is 17.7 Å². The van der Waals surface area contributed by atoms with Gasteiger partial charge in [-0.2, -0.15) is 0 Å². The molecule has 0 aromatic heterocycles. The van der Waals surface area contributed by atoms with Gasteiger partial charge in [0.15, 0.2) is 0 Å². The van der Waals surface area contributed by atoms with E-state index in [1.54, 1.807) is 0 Å². The molecule has 18 heavy (non-hydrogen) atoms. The lowest BCUT2D eigenvalue weighted by Gasteiger charge is -2.24. The number of carbonyl (C=O) groups excluding carboxylic acids is 1. The van der Waals surface area contributed by atoms with Crippen molar-refractivity contribution in [2.75, 3.05) is 11.4 Å². The monoisotopic (exact) mass is 244 g/mol. The number of amides is 2. The fourth-order valence-electron chi connectivity index (χ4n) is 1.70. The molecule has 5 heteroatoms. The van der Waals surface area contributed by atoms with Gasteiger partial charge in [0.1, 0.15) is 0 Å². The van der Waals surface area contributed by atoms with Crippen LogP contribution in [-0.2, 0) is 0 Å². The van der Waals surface area contributed by atoms with Crippen LogP contribution in [0.25, 0.3) is 0 Å². The summed E-state index contributed by atoms with van der Waals surface area (Å²) in [5, 5.41) is 10.0. The van der Waals surface area contributed by atoms with Crippen LogP contribution in [-0.4, -0.2) is 18.5 Å². The number of benzene rings is 1. The van der Waals surface area contributed by atoms with E-state index in [0.717, 1.165) is 16.0 Å². The number of nitrogens with zero attached hydrogens (tertiary/aromatic N) is 1. The largest absolute Gasteiger partial charge is 0.369 e. The van der Waals surface area contributed by atoms with E-state index in [2.05, 4.69) is 11.2 Å². The minimum absolute atomic E-state index is 0.0908. The lowest BCUT2D eigenvalue weighted by atomic mass is 10.1. The van der Waals surface area contributed by atoms with Gasteiger partial charge in [-0.15, -0.1) is 6.42 Å². The summed E-state index contributed by atoms with van der Waals surface area (Å²) in [6.07, 6.45) is 5.08. The number of urea groups is 1. The second kappa shape index (κ2) is 5.73. The standard InChI is InChI=1S/C13H16N4O/c1-4-8-16-13(18)17(12(14)15)11-9(2)6-5-7-10(11)3/h1,5-7H,8H2,2-3H3,(H3,14,15)(H,16,18). The third-order valence-electron chi connectivity index (χ3n) is 2.45. The molecule has 0 spiro atoms. The smallest absolute Gasteiger partial charge is 0.329 e. The average Bonchev–Trinajstić information content (AvgIpc) is 2.30. The van der Waals surface area contributed by atoms with Gasteiger partial charge in [-0.3, -0.25) is 5.41 Å². The second-order valence-corrected chi connectivity index (χ2v) is 3.82. The third kappa shape index (κ3) is 2.80. The molecule has 1 aromatic carbocycles. The number of nitrogens with two attached hydrogens (primary N) is 1. The Morgan fingerprint density at radius 1 is 1.50 bits per heavy atom. The number of carbonyl (C=O) groups is 1. The number of nitrogens with one attached hydrogen (secondary N) is 2. The average molecular weight is 244 g/mol. The van der Waals surface area contributed by atoms with E-state index in [1.807, 2.05) is 32.0 Å². The van der Waals surface area contributed by atoms with Crippen LogP contribution in [0.1, 0.15) is 11.1 Å². The normalized spacial score (nSPS) is 9.39. The van der Waals surface area contributed by atoms with E-state index in [1.165, 1.54) is 0 Å². The van der Waals surface area contributed by atoms with Crippen LogP contribution in [0.3, 0.4) is 0 Å². The number of terminal acetylenes is 1. The van der Waals surface area contributed by atoms with Gasteiger partial charge in [0.05, 0.1) is 12.2 Å². The van der Waals surface area contributed by atoms with Crippen LogP contribution < -0.4 is 16.0 Å². The Morgan fingerprint density at radius 2 is 2.06 bits per heavy atom. The summed E-state index contributed by atoms with van der Waals surface area (Å²) in [6.45, 7) is 3.80. The van der Waals surface area contributed by atoms with Crippen LogP contribution in [0.2, 0.25) is 0 Å². The summed E-state index contributed by atoms with van der Waals surface area (Å²) < 4.78 is 0. The number of anilines is 1. The lowest BCUT2D eigenvalue weighted by molar-refractivity contribution is 0.250. The molecule has 0 radical (unpaired) electrons. The van der Waals surface area contributed by atoms with Gasteiger partial charge in [-0.25, -0.2) is 9.69 Å². The maximum absolute atomic E-state index is 11.9. The molecule has 94 valence electrons. The minimum Gasteiger partial charge on any atom is -0.369 e. The zero-order valence-electron chi connectivity index (χ0n) is 10.4. The van der Waals surface area contributed by atoms with Gasteiger partial charge in [0.25, 0.3) is 0 Å². The van der Waals surface area contributed by atoms with Crippen molar-refractivity contribution in [3.63, 3.8) is 0 Å². The number of para-hydroxylation sites is 1. The summed E-state index contributed by atoms with van der Waals surface area (Å²) in [6, 6.07) is 5.09. The summed E-state index contributed by atoms with van der Waals surface area (Å²) in [4.78, 5) is 13.1. The van der Waals surface area contributed by atoms with Gasteiger partial charge in [0.2, 0.25) is 5.96 Å². The van der Waals surface area contributed by atoms with Gasteiger partial charge in [-0.05, 0) is 25.0 Å². The predicted molar refractivity (Wildman–Crippen MR) is 72.5 cm³/mol. The maximum Gasteiger partial charge on any atom is 0.329 e. The van der Waals surface area contributed by atoms with E-state index in [-0.39, 0.29) is 12.5 Å². The van der Waals surface area contributed by atoms with Gasteiger partial charge < -0.3 is 11.1 Å². The fourth-order valence-corrected chi connectivity index (χ4v) is 1.70. The molecule has 0 aliphatic heterocycles. The molecule has 1 rings (SSSR count). The van der Waals surface area contributed by atoms with Crippen molar-refractivity contribution in [2.45, 2.75) is 13.8 Å². The highest BCUT2D eigenvalue weighted by Gasteiger charge is 2.21. The molecule has 0 bridgehead atoms. The minimum atomic E-state index is -0.502. The summed E-state index contributed by atoms with van der Waals surface area (Å²) in [5.41, 5.74) is 7.81. The summed E-state index contributed by atoms with van der Waals surface area (Å²) >= 11 is 0. The number of hydrogen-bond acceptors (Lipinski definition) is 2. The van der Waals surface area contributed by atoms with Crippen molar-refractivity contribution in [2.24, 2.45) is 5.73 Å². The molecule has 0 saturated heterocycles. The van der Waals surface area contributed by atoms with E-state index < -0.39 is 6.03 Å². The van der Waals surface area contributed by atoms with E-state index >= 15 is 0 Å². The second-order valence-electron chi connectivity index (χ2n) is 3.82. The molecule has 4 N–H and O–H groups in total. The van der Waals surface area contributed by atoms with Gasteiger partial charge in [0, 0.05) is 0 Å². The molecule has 2 amide bonds. The number of hydrogen-bond donors (Lipinski definition) is 3. The quantitative estimate of drug-likeness (QED) is 0.417. The summed E-state index contributed by atoms with van der Waals surface area (Å²) in [5.74, 6) is 1.96. The van der Waals surface area contributed by atoms with E-state index in [0.29, 0.717) is 5.69 Å². The Balaban J connectivity index is 3.18. The molecular weight excluding hydrogens is 228 g/mol. The Bertz CT molecular complexity index is 496. The Kier molecular flexibility index (Phi) is 4.33. The first kappa shape index (κ1) is 13.6. The number of aryl methyl sites for hydroxylation is 2. The molecule has 0 saturated carbocycles. The SMILES string of the molecule is C#CCNC(=O)N(C(=N)N)c1c(C)cccc1C. The number of guanidine groups is 1. The Labute approximate surface area is 106 Å². The van der Waals surface area contributed by atoms with Crippen LogP contribution in [0.5, 0.6) is 0 Å². The molecule has 0 heterocycles. The highest BCUT2D eigenvalue weighted by molar-refractivity contribution is 6.14. The Hall–Kier alpha value is -2.48. The fraction of sp³-hybridized carbons (Fsp3) is 0.231. The van der Waals surface area contributed by atoms with Crippen molar-refractivity contribution < 1.29 is 4.79 Å². The van der Waals surface area contributed by atoms with E-state index in [4.69, 9.17) is 17.6 Å². The molecule has 0 atom stereocenters. The first-order valence-corrected chi connectivity index (χ1v) is 5.40. The zero-order chi connectivity index (χ0) is 13.7. The Morgan fingerprint density at radius 3 is 2.50 bits per heavy atom. The van der Waals surface area contributed by atoms with Crippen LogP contribution >= 0.6 is 0 Å². The molecule has 0 unspecified atom stereocenters. The first-order valence-electron chi connectivity index (χ1n) is 5.40. The van der Waals surface area contributed by atoms with Crippen LogP contribution in [0.4, 0.5) is 10.5 Å². The molecule has 0 aliphatic rings. The summed E-state index contributed by atoms with van der Waals surface area (Å²) in [7, 11) is 0. The van der Waals surface area contributed by atoms with E-state index in [9.17, 15) is 4.79 Å². The van der Waals surface area contributed by atoms with Crippen molar-refractivity contribution in [1.82, 2.24) is 5.32 Å². The van der Waals surface area contributed by atoms with Crippen molar-refractivity contribution in [1.29, 1.82) is 5.41 Å². The van der Waals surface area contributed by atoms with Gasteiger partial charge >= 0.3 is 6.03 Å². The van der Waals surface area contributed by atoms with Crippen molar-refractivity contribution in [3.8, 4) is 12.3 Å². The van der Waals surface area contributed by atoms with Crippen LogP contribution in [0, 0.1) is 31.6 Å². The highest BCUT2D eigenvalue weighted by Crippen LogP contribution is 2.24. The highest BCUT2D eigenvalue weighted by atomic mass is 16.2. The predicted octanol–water partition coefficient (Wildman–Crippen LogP) is 1.35. The van der Waals surface area contributed by atoms with Crippen LogP contribution in [0.15, 0.2) is 18.2 Å². The molecule has 1 aromatic rings. The maximum atomic E-state index is 11.9. The topological polar surface area (TPSA) is 82.2 Å². The molecular formula is C13H16N4O. The third-order valence-corrected chi connectivity index (χ3v) is 2.45. The zero-order valence-corrected chi connectivity index (χ0v) is 10.4. The molecule has 0 fully saturated rings. The van der Waals surface area contributed by atoms with Crippen molar-refractivity contribution in [3.05, 3.63) is 29.3 Å². The molecule has 0 aliphatic carbocycles. The first-order chi connectivity index (χ1) is 8.49. The number of rotatable bonds is 2. The lowest BCUT2D eigenvalue weighted by Crippen LogP contribution is -2.48. The van der Waals surface area contributed by atoms with Gasteiger partial charge in [-0.1, -0.05) is 24.1 Å².